The number of pyridine rings is 1. The summed E-state index contributed by atoms with van der Waals surface area (Å²) in [5, 5.41) is 22.2. The number of aliphatic hydroxyl groups excluding tert-OH is 1. The van der Waals surface area contributed by atoms with Crippen molar-refractivity contribution in [1.29, 1.82) is 0 Å². The third-order valence-electron chi connectivity index (χ3n) is 3.64. The fourth-order valence-corrected chi connectivity index (χ4v) is 2.41. The standard InChI is InChI=1S/C16H19FN2O3/c1-3-11(8-20)19-16-12(7-15(21)22)9(2)18-14-5-4-10(17)6-13(14)16/h4-6,11,20H,3,7-8H2,1-2H3,(H,18,19)(H,21,22). The van der Waals surface area contributed by atoms with Gasteiger partial charge in [0.15, 0.2) is 0 Å². The Balaban J connectivity index is 2.68. The van der Waals surface area contributed by atoms with E-state index in [1.807, 2.05) is 6.92 Å². The van der Waals surface area contributed by atoms with E-state index < -0.39 is 11.8 Å². The molecular formula is C16H19FN2O3. The maximum atomic E-state index is 13.6. The molecule has 0 bridgehead atoms. The number of nitrogens with zero attached hydrogens (tertiary/aromatic N) is 1. The molecule has 1 aromatic heterocycles. The summed E-state index contributed by atoms with van der Waals surface area (Å²) < 4.78 is 13.6. The van der Waals surface area contributed by atoms with Gasteiger partial charge >= 0.3 is 5.97 Å². The average molecular weight is 306 g/mol. The number of carboxylic acid groups (broad SMARTS) is 1. The van der Waals surface area contributed by atoms with Crippen LogP contribution in [0.2, 0.25) is 0 Å². The molecule has 0 spiro atoms. The van der Waals surface area contributed by atoms with Gasteiger partial charge in [0.25, 0.3) is 0 Å². The van der Waals surface area contributed by atoms with Crippen LogP contribution >= 0.6 is 0 Å². The van der Waals surface area contributed by atoms with Gasteiger partial charge < -0.3 is 15.5 Å². The van der Waals surface area contributed by atoms with Crippen LogP contribution in [0.5, 0.6) is 0 Å². The van der Waals surface area contributed by atoms with Crippen LogP contribution < -0.4 is 5.32 Å². The predicted octanol–water partition coefficient (Wildman–Crippen LogP) is 2.49. The van der Waals surface area contributed by atoms with Crippen molar-refractivity contribution in [3.05, 3.63) is 35.3 Å². The van der Waals surface area contributed by atoms with E-state index in [-0.39, 0.29) is 19.1 Å². The van der Waals surface area contributed by atoms with Gasteiger partial charge in [-0.1, -0.05) is 6.92 Å². The fraction of sp³-hybridized carbons (Fsp3) is 0.375. The van der Waals surface area contributed by atoms with Gasteiger partial charge in [0, 0.05) is 28.4 Å². The molecule has 2 aromatic rings. The minimum Gasteiger partial charge on any atom is -0.481 e. The number of nitrogens with one attached hydrogen (secondary N) is 1. The molecule has 1 aromatic carbocycles. The topological polar surface area (TPSA) is 82.5 Å². The maximum absolute atomic E-state index is 13.6. The first-order valence-electron chi connectivity index (χ1n) is 7.14. The molecule has 3 N–H and O–H groups in total. The molecule has 0 saturated carbocycles. The zero-order valence-corrected chi connectivity index (χ0v) is 12.6. The number of benzene rings is 1. The Labute approximate surface area is 127 Å². The monoisotopic (exact) mass is 306 g/mol. The largest absolute Gasteiger partial charge is 0.481 e. The highest BCUT2D eigenvalue weighted by molar-refractivity contribution is 5.95. The molecule has 0 radical (unpaired) electrons. The van der Waals surface area contributed by atoms with Gasteiger partial charge in [-0.3, -0.25) is 9.78 Å². The third kappa shape index (κ3) is 3.33. The van der Waals surface area contributed by atoms with Crippen LogP contribution in [0.15, 0.2) is 18.2 Å². The second-order valence-corrected chi connectivity index (χ2v) is 5.21. The van der Waals surface area contributed by atoms with Crippen molar-refractivity contribution in [3.8, 4) is 0 Å². The number of carbonyl (C=O) groups is 1. The van der Waals surface area contributed by atoms with Crippen LogP contribution in [-0.2, 0) is 11.2 Å². The summed E-state index contributed by atoms with van der Waals surface area (Å²) in [5.74, 6) is -1.40. The first-order chi connectivity index (χ1) is 10.5. The molecule has 1 heterocycles. The Morgan fingerprint density at radius 2 is 2.18 bits per heavy atom. The Bertz CT molecular complexity index is 699. The number of fused-ring (bicyclic) bond motifs is 1. The van der Waals surface area contributed by atoms with Gasteiger partial charge in [-0.2, -0.15) is 0 Å². The molecule has 0 aliphatic carbocycles. The molecule has 0 aliphatic heterocycles. The van der Waals surface area contributed by atoms with Gasteiger partial charge in [-0.25, -0.2) is 4.39 Å². The summed E-state index contributed by atoms with van der Waals surface area (Å²) in [4.78, 5) is 15.5. The highest BCUT2D eigenvalue weighted by Gasteiger charge is 2.18. The predicted molar refractivity (Wildman–Crippen MR) is 82.6 cm³/mol. The fourth-order valence-electron chi connectivity index (χ4n) is 2.41. The molecule has 22 heavy (non-hydrogen) atoms. The van der Waals surface area contributed by atoms with Crippen molar-refractivity contribution in [3.63, 3.8) is 0 Å². The number of anilines is 1. The lowest BCUT2D eigenvalue weighted by Gasteiger charge is -2.21. The van der Waals surface area contributed by atoms with E-state index >= 15 is 0 Å². The summed E-state index contributed by atoms with van der Waals surface area (Å²) in [6.45, 7) is 3.54. The maximum Gasteiger partial charge on any atom is 0.307 e. The van der Waals surface area contributed by atoms with Gasteiger partial charge in [-0.05, 0) is 31.5 Å². The van der Waals surface area contributed by atoms with Crippen LogP contribution in [0.1, 0.15) is 24.6 Å². The molecule has 0 fully saturated rings. The lowest BCUT2D eigenvalue weighted by Crippen LogP contribution is -2.24. The number of rotatable bonds is 6. The van der Waals surface area contributed by atoms with Crippen LogP contribution in [-0.4, -0.2) is 33.8 Å². The van der Waals surface area contributed by atoms with E-state index in [0.717, 1.165) is 0 Å². The smallest absolute Gasteiger partial charge is 0.307 e. The van der Waals surface area contributed by atoms with Gasteiger partial charge in [-0.15, -0.1) is 0 Å². The van der Waals surface area contributed by atoms with Crippen molar-refractivity contribution in [2.75, 3.05) is 11.9 Å². The summed E-state index contributed by atoms with van der Waals surface area (Å²) in [5.41, 5.74) is 2.21. The highest BCUT2D eigenvalue weighted by Crippen LogP contribution is 2.30. The van der Waals surface area contributed by atoms with Crippen molar-refractivity contribution >= 4 is 22.6 Å². The van der Waals surface area contributed by atoms with E-state index in [2.05, 4.69) is 10.3 Å². The number of aliphatic hydroxyl groups is 1. The molecular weight excluding hydrogens is 287 g/mol. The van der Waals surface area contributed by atoms with Crippen molar-refractivity contribution in [2.45, 2.75) is 32.7 Å². The zero-order chi connectivity index (χ0) is 16.3. The van der Waals surface area contributed by atoms with E-state index in [9.17, 15) is 14.3 Å². The van der Waals surface area contributed by atoms with Crippen LogP contribution in [0.25, 0.3) is 10.9 Å². The van der Waals surface area contributed by atoms with Crippen LogP contribution in [0, 0.1) is 12.7 Å². The summed E-state index contributed by atoms with van der Waals surface area (Å²) in [7, 11) is 0. The second kappa shape index (κ2) is 6.70. The number of hydrogen-bond donors (Lipinski definition) is 3. The molecule has 0 aliphatic rings. The number of aryl methyl sites for hydroxylation is 1. The van der Waals surface area contributed by atoms with E-state index in [1.165, 1.54) is 12.1 Å². The molecule has 6 heteroatoms. The Hall–Kier alpha value is -2.21. The first kappa shape index (κ1) is 16.2. The second-order valence-electron chi connectivity index (χ2n) is 5.21. The molecule has 1 unspecified atom stereocenters. The number of aliphatic carboxylic acids is 1. The quantitative estimate of drug-likeness (QED) is 0.764. The lowest BCUT2D eigenvalue weighted by atomic mass is 10.0. The van der Waals surface area contributed by atoms with Crippen molar-refractivity contribution < 1.29 is 19.4 Å². The van der Waals surface area contributed by atoms with E-state index in [1.54, 1.807) is 13.0 Å². The summed E-state index contributed by atoms with van der Waals surface area (Å²) in [6, 6.07) is 3.98. The molecule has 5 nitrogen and oxygen atoms in total. The molecule has 0 amide bonds. The molecule has 2 rings (SSSR count). The molecule has 1 atom stereocenters. The average Bonchev–Trinajstić information content (AvgIpc) is 2.47. The number of aromatic nitrogens is 1. The highest BCUT2D eigenvalue weighted by atomic mass is 19.1. The number of halogens is 1. The molecule has 118 valence electrons. The Morgan fingerprint density at radius 3 is 2.77 bits per heavy atom. The van der Waals surface area contributed by atoms with Gasteiger partial charge in [0.1, 0.15) is 5.82 Å². The minimum atomic E-state index is -0.985. The first-order valence-corrected chi connectivity index (χ1v) is 7.14. The van der Waals surface area contributed by atoms with E-state index in [0.29, 0.717) is 34.3 Å². The summed E-state index contributed by atoms with van der Waals surface area (Å²) >= 11 is 0. The SMILES string of the molecule is CCC(CO)Nc1c(CC(=O)O)c(C)nc2ccc(F)cc12. The summed E-state index contributed by atoms with van der Waals surface area (Å²) in [6.07, 6.45) is 0.441. The normalized spacial score (nSPS) is 12.4. The molecule has 0 saturated heterocycles. The third-order valence-corrected chi connectivity index (χ3v) is 3.64. The van der Waals surface area contributed by atoms with Crippen LogP contribution in [0.4, 0.5) is 10.1 Å². The number of carboxylic acids is 1. The van der Waals surface area contributed by atoms with Crippen molar-refractivity contribution in [2.24, 2.45) is 0 Å². The number of hydrogen-bond acceptors (Lipinski definition) is 4. The Kier molecular flexibility index (Phi) is 4.92. The lowest BCUT2D eigenvalue weighted by molar-refractivity contribution is -0.136. The van der Waals surface area contributed by atoms with Gasteiger partial charge in [0.05, 0.1) is 18.5 Å². The van der Waals surface area contributed by atoms with Crippen molar-refractivity contribution in [1.82, 2.24) is 4.98 Å². The zero-order valence-electron chi connectivity index (χ0n) is 12.6. The van der Waals surface area contributed by atoms with E-state index in [4.69, 9.17) is 5.11 Å². The minimum absolute atomic E-state index is 0.0960. The van der Waals surface area contributed by atoms with Crippen LogP contribution in [0.3, 0.4) is 0 Å². The Morgan fingerprint density at radius 1 is 1.45 bits per heavy atom. The van der Waals surface area contributed by atoms with Gasteiger partial charge in [0.2, 0.25) is 0 Å².